The van der Waals surface area contributed by atoms with E-state index in [1.54, 1.807) is 6.07 Å². The van der Waals surface area contributed by atoms with E-state index in [1.165, 1.54) is 6.42 Å². The van der Waals surface area contributed by atoms with Crippen LogP contribution in [0.5, 0.6) is 0 Å². The summed E-state index contributed by atoms with van der Waals surface area (Å²) in [6, 6.07) is 3.63. The van der Waals surface area contributed by atoms with Crippen LogP contribution in [0.2, 0.25) is 0 Å². The molecule has 1 aromatic heterocycles. The summed E-state index contributed by atoms with van der Waals surface area (Å²) in [5.41, 5.74) is 0. The summed E-state index contributed by atoms with van der Waals surface area (Å²) in [5.74, 6) is 2.95. The van der Waals surface area contributed by atoms with Crippen LogP contribution in [0.25, 0.3) is 0 Å². The SMILES string of the molecule is Cc1ccc(C(=O)N2CCC(C3CCNC3)CC2)o1. The minimum atomic E-state index is 0.0519. The molecule has 1 aromatic rings. The molecule has 4 nitrogen and oxygen atoms in total. The van der Waals surface area contributed by atoms with Crippen molar-refractivity contribution in [3.8, 4) is 0 Å². The van der Waals surface area contributed by atoms with Gasteiger partial charge in [-0.2, -0.15) is 0 Å². The molecule has 2 saturated heterocycles. The van der Waals surface area contributed by atoms with Crippen LogP contribution >= 0.6 is 0 Å². The van der Waals surface area contributed by atoms with E-state index in [9.17, 15) is 4.79 Å². The largest absolute Gasteiger partial charge is 0.456 e. The van der Waals surface area contributed by atoms with Gasteiger partial charge in [0.1, 0.15) is 5.76 Å². The normalized spacial score (nSPS) is 24.9. The molecule has 2 aliphatic heterocycles. The molecule has 2 aliphatic rings. The smallest absolute Gasteiger partial charge is 0.289 e. The van der Waals surface area contributed by atoms with Gasteiger partial charge in [0, 0.05) is 13.1 Å². The van der Waals surface area contributed by atoms with E-state index in [0.717, 1.165) is 56.6 Å². The highest BCUT2D eigenvalue weighted by atomic mass is 16.3. The maximum Gasteiger partial charge on any atom is 0.289 e. The van der Waals surface area contributed by atoms with E-state index >= 15 is 0 Å². The summed E-state index contributed by atoms with van der Waals surface area (Å²) < 4.78 is 5.42. The molecule has 3 heterocycles. The Balaban J connectivity index is 1.56. The van der Waals surface area contributed by atoms with E-state index in [-0.39, 0.29) is 5.91 Å². The summed E-state index contributed by atoms with van der Waals surface area (Å²) in [6.45, 7) is 5.95. The Kier molecular flexibility index (Phi) is 3.60. The minimum Gasteiger partial charge on any atom is -0.456 e. The van der Waals surface area contributed by atoms with Crippen LogP contribution in [0.3, 0.4) is 0 Å². The topological polar surface area (TPSA) is 45.5 Å². The van der Waals surface area contributed by atoms with E-state index < -0.39 is 0 Å². The molecule has 19 heavy (non-hydrogen) atoms. The first kappa shape index (κ1) is 12.7. The van der Waals surface area contributed by atoms with Crippen molar-refractivity contribution in [2.75, 3.05) is 26.2 Å². The Morgan fingerprint density at radius 3 is 2.63 bits per heavy atom. The number of carbonyl (C=O) groups is 1. The van der Waals surface area contributed by atoms with Crippen molar-refractivity contribution >= 4 is 5.91 Å². The van der Waals surface area contributed by atoms with Gasteiger partial charge in [-0.1, -0.05) is 0 Å². The highest BCUT2D eigenvalue weighted by molar-refractivity contribution is 5.91. The zero-order valence-electron chi connectivity index (χ0n) is 11.5. The number of nitrogens with zero attached hydrogens (tertiary/aromatic N) is 1. The van der Waals surface area contributed by atoms with Crippen molar-refractivity contribution in [3.05, 3.63) is 23.7 Å². The van der Waals surface area contributed by atoms with E-state index in [1.807, 2.05) is 17.9 Å². The first-order valence-corrected chi connectivity index (χ1v) is 7.30. The highest BCUT2D eigenvalue weighted by Crippen LogP contribution is 2.29. The molecule has 1 atom stereocenters. The van der Waals surface area contributed by atoms with Gasteiger partial charge in [-0.25, -0.2) is 0 Å². The van der Waals surface area contributed by atoms with E-state index in [4.69, 9.17) is 4.42 Å². The molecule has 0 aromatic carbocycles. The number of piperidine rings is 1. The summed E-state index contributed by atoms with van der Waals surface area (Å²) in [6.07, 6.45) is 3.57. The average Bonchev–Trinajstić information content (AvgIpc) is 3.09. The number of furan rings is 1. The second-order valence-electron chi connectivity index (χ2n) is 5.79. The molecule has 104 valence electrons. The van der Waals surface area contributed by atoms with Crippen LogP contribution in [0, 0.1) is 18.8 Å². The first-order chi connectivity index (χ1) is 9.24. The highest BCUT2D eigenvalue weighted by Gasteiger charge is 2.30. The lowest BCUT2D eigenvalue weighted by molar-refractivity contribution is 0.0630. The van der Waals surface area contributed by atoms with Crippen molar-refractivity contribution in [1.29, 1.82) is 0 Å². The van der Waals surface area contributed by atoms with Crippen LogP contribution in [-0.2, 0) is 0 Å². The summed E-state index contributed by atoms with van der Waals surface area (Å²) in [5, 5.41) is 3.44. The Hall–Kier alpha value is -1.29. The van der Waals surface area contributed by atoms with E-state index in [0.29, 0.717) is 5.76 Å². The third kappa shape index (κ3) is 2.68. The van der Waals surface area contributed by atoms with Gasteiger partial charge >= 0.3 is 0 Å². The fraction of sp³-hybridized carbons (Fsp3) is 0.667. The molecule has 1 amide bonds. The van der Waals surface area contributed by atoms with Gasteiger partial charge in [0.05, 0.1) is 0 Å². The zero-order chi connectivity index (χ0) is 13.2. The van der Waals surface area contributed by atoms with Gasteiger partial charge in [-0.3, -0.25) is 4.79 Å². The third-order valence-corrected chi connectivity index (χ3v) is 4.54. The zero-order valence-corrected chi connectivity index (χ0v) is 11.5. The summed E-state index contributed by atoms with van der Waals surface area (Å²) in [4.78, 5) is 14.2. The molecule has 1 unspecified atom stereocenters. The molecule has 1 N–H and O–H groups in total. The van der Waals surface area contributed by atoms with Crippen LogP contribution in [0.15, 0.2) is 16.5 Å². The van der Waals surface area contributed by atoms with Crippen LogP contribution in [0.1, 0.15) is 35.6 Å². The minimum absolute atomic E-state index is 0.0519. The van der Waals surface area contributed by atoms with Gasteiger partial charge in [0.2, 0.25) is 0 Å². The predicted octanol–water partition coefficient (Wildman–Crippen LogP) is 2.05. The van der Waals surface area contributed by atoms with Crippen molar-refractivity contribution in [3.63, 3.8) is 0 Å². The maximum absolute atomic E-state index is 12.3. The Labute approximate surface area is 114 Å². The quantitative estimate of drug-likeness (QED) is 0.887. The van der Waals surface area contributed by atoms with Crippen molar-refractivity contribution in [2.45, 2.75) is 26.2 Å². The molecular formula is C15H22N2O2. The number of rotatable bonds is 2. The number of hydrogen-bond acceptors (Lipinski definition) is 3. The number of aryl methyl sites for hydroxylation is 1. The fourth-order valence-electron chi connectivity index (χ4n) is 3.36. The number of nitrogens with one attached hydrogen (secondary N) is 1. The molecule has 0 bridgehead atoms. The molecule has 4 heteroatoms. The summed E-state index contributed by atoms with van der Waals surface area (Å²) in [7, 11) is 0. The van der Waals surface area contributed by atoms with E-state index in [2.05, 4.69) is 5.32 Å². The standard InChI is InChI=1S/C15H22N2O2/c1-11-2-3-14(19-11)15(18)17-8-5-12(6-9-17)13-4-7-16-10-13/h2-3,12-13,16H,4-10H2,1H3. The number of hydrogen-bond donors (Lipinski definition) is 1. The summed E-state index contributed by atoms with van der Waals surface area (Å²) >= 11 is 0. The Bertz CT molecular complexity index is 441. The second-order valence-corrected chi connectivity index (χ2v) is 5.79. The van der Waals surface area contributed by atoms with Gasteiger partial charge < -0.3 is 14.6 Å². The second kappa shape index (κ2) is 5.37. The first-order valence-electron chi connectivity index (χ1n) is 7.30. The van der Waals surface area contributed by atoms with Gasteiger partial charge in [-0.15, -0.1) is 0 Å². The molecule has 0 radical (unpaired) electrons. The molecule has 0 spiro atoms. The lowest BCUT2D eigenvalue weighted by Crippen LogP contribution is -2.40. The van der Waals surface area contributed by atoms with Crippen molar-refractivity contribution in [2.24, 2.45) is 11.8 Å². The third-order valence-electron chi connectivity index (χ3n) is 4.54. The number of carbonyl (C=O) groups excluding carboxylic acids is 1. The maximum atomic E-state index is 12.3. The number of amides is 1. The lowest BCUT2D eigenvalue weighted by atomic mass is 9.84. The molecular weight excluding hydrogens is 240 g/mol. The molecule has 0 saturated carbocycles. The van der Waals surface area contributed by atoms with Crippen molar-refractivity contribution in [1.82, 2.24) is 10.2 Å². The molecule has 0 aliphatic carbocycles. The monoisotopic (exact) mass is 262 g/mol. The van der Waals surface area contributed by atoms with Crippen LogP contribution < -0.4 is 5.32 Å². The molecule has 2 fully saturated rings. The molecule has 3 rings (SSSR count). The van der Waals surface area contributed by atoms with Gasteiger partial charge in [0.25, 0.3) is 5.91 Å². The van der Waals surface area contributed by atoms with Crippen LogP contribution in [-0.4, -0.2) is 37.0 Å². The number of likely N-dealkylation sites (tertiary alicyclic amines) is 1. The Morgan fingerprint density at radius 1 is 1.26 bits per heavy atom. The Morgan fingerprint density at radius 2 is 2.05 bits per heavy atom. The lowest BCUT2D eigenvalue weighted by Gasteiger charge is -2.34. The average molecular weight is 262 g/mol. The van der Waals surface area contributed by atoms with Crippen molar-refractivity contribution < 1.29 is 9.21 Å². The van der Waals surface area contributed by atoms with Crippen LogP contribution in [0.4, 0.5) is 0 Å². The van der Waals surface area contributed by atoms with Gasteiger partial charge in [0.15, 0.2) is 5.76 Å². The fourth-order valence-corrected chi connectivity index (χ4v) is 3.36. The van der Waals surface area contributed by atoms with Gasteiger partial charge in [-0.05, 0) is 63.2 Å². The predicted molar refractivity (Wildman–Crippen MR) is 73.0 cm³/mol.